The second-order valence-electron chi connectivity index (χ2n) is 6.90. The lowest BCUT2D eigenvalue weighted by Crippen LogP contribution is -2.07. The maximum Gasteiger partial charge on any atom is 0.141 e. The van der Waals surface area contributed by atoms with Crippen LogP contribution in [0.25, 0.3) is 16.9 Å². The average Bonchev–Trinajstić information content (AvgIpc) is 3.21. The van der Waals surface area contributed by atoms with Crippen LogP contribution in [0.1, 0.15) is 16.7 Å². The molecule has 0 aliphatic rings. The van der Waals surface area contributed by atoms with Gasteiger partial charge in [0.1, 0.15) is 11.5 Å². The van der Waals surface area contributed by atoms with E-state index >= 15 is 0 Å². The molecule has 28 heavy (non-hydrogen) atoms. The number of aryl methyl sites for hydroxylation is 1. The molecule has 0 spiro atoms. The summed E-state index contributed by atoms with van der Waals surface area (Å²) >= 11 is 0. The molecule has 0 N–H and O–H groups in total. The molecule has 0 bridgehead atoms. The number of hydrogen-bond acceptors (Lipinski definition) is 3. The third-order valence-corrected chi connectivity index (χ3v) is 4.81. The zero-order chi connectivity index (χ0) is 19.3. The maximum absolute atomic E-state index is 12.4. The Kier molecular flexibility index (Phi) is 5.11. The normalized spacial score (nSPS) is 10.8. The van der Waals surface area contributed by atoms with Crippen molar-refractivity contribution in [2.45, 2.75) is 19.8 Å². The molecule has 1 aromatic heterocycles. The Bertz CT molecular complexity index is 1080. The highest BCUT2D eigenvalue weighted by Crippen LogP contribution is 2.18. The number of hydrogen-bond donors (Lipinski definition) is 0. The number of carbonyl (C=O) groups is 1. The number of Topliss-reactive ketones (excluding diaryl/α,β-unsaturated/α-hetero) is 1. The van der Waals surface area contributed by atoms with Gasteiger partial charge in [0.25, 0.3) is 0 Å². The monoisotopic (exact) mass is 367 g/mol. The molecule has 0 saturated heterocycles. The van der Waals surface area contributed by atoms with Crippen LogP contribution in [-0.2, 0) is 17.6 Å². The van der Waals surface area contributed by atoms with Crippen molar-refractivity contribution in [1.29, 1.82) is 0 Å². The highest BCUT2D eigenvalue weighted by atomic mass is 16.1. The van der Waals surface area contributed by atoms with Gasteiger partial charge in [0.15, 0.2) is 0 Å². The van der Waals surface area contributed by atoms with E-state index < -0.39 is 0 Å². The van der Waals surface area contributed by atoms with Gasteiger partial charge in [0.05, 0.1) is 11.9 Å². The summed E-state index contributed by atoms with van der Waals surface area (Å²) in [7, 11) is 0. The van der Waals surface area contributed by atoms with Crippen LogP contribution < -0.4 is 0 Å². The summed E-state index contributed by atoms with van der Waals surface area (Å²) in [6.07, 6.45) is 2.81. The van der Waals surface area contributed by atoms with Gasteiger partial charge in [0.2, 0.25) is 0 Å². The lowest BCUT2D eigenvalue weighted by atomic mass is 9.99. The molecule has 0 aliphatic heterocycles. The Morgan fingerprint density at radius 1 is 0.857 bits per heavy atom. The van der Waals surface area contributed by atoms with Crippen molar-refractivity contribution in [1.82, 2.24) is 15.0 Å². The summed E-state index contributed by atoms with van der Waals surface area (Å²) in [5.74, 6) is 0.217. The molecular formula is C24H21N3O. The molecule has 138 valence electrons. The van der Waals surface area contributed by atoms with Crippen molar-refractivity contribution in [2.24, 2.45) is 0 Å². The first-order chi connectivity index (χ1) is 13.7. The molecule has 0 aliphatic carbocycles. The Morgan fingerprint density at radius 2 is 1.57 bits per heavy atom. The molecule has 0 unspecified atom stereocenters. The van der Waals surface area contributed by atoms with E-state index in [0.717, 1.165) is 33.6 Å². The minimum Gasteiger partial charge on any atom is -0.299 e. The summed E-state index contributed by atoms with van der Waals surface area (Å²) < 4.78 is 1.75. The van der Waals surface area contributed by atoms with Crippen LogP contribution >= 0.6 is 0 Å². The Hall–Kier alpha value is -3.53. The van der Waals surface area contributed by atoms with Crippen LogP contribution in [-0.4, -0.2) is 20.8 Å². The third kappa shape index (κ3) is 4.07. The van der Waals surface area contributed by atoms with Gasteiger partial charge >= 0.3 is 0 Å². The standard InChI is InChI=1S/C24H21N3O/c1-18-7-5-6-10-21(18)16-23(28)15-19-11-13-22(14-12-19)27-17-24(25-26-27)20-8-3-2-4-9-20/h2-14,17H,15-16H2,1H3. The quantitative estimate of drug-likeness (QED) is 0.500. The first-order valence-electron chi connectivity index (χ1n) is 9.32. The van der Waals surface area contributed by atoms with Gasteiger partial charge < -0.3 is 0 Å². The fourth-order valence-electron chi connectivity index (χ4n) is 3.21. The molecule has 0 fully saturated rings. The predicted molar refractivity (Wildman–Crippen MR) is 110 cm³/mol. The van der Waals surface area contributed by atoms with E-state index in [0.29, 0.717) is 12.8 Å². The Morgan fingerprint density at radius 3 is 2.32 bits per heavy atom. The predicted octanol–water partition coefficient (Wildman–Crippen LogP) is 4.60. The Labute approximate surface area is 164 Å². The lowest BCUT2D eigenvalue weighted by Gasteiger charge is -2.06. The second kappa shape index (κ2) is 8.01. The molecule has 1 heterocycles. The number of ketones is 1. The smallest absolute Gasteiger partial charge is 0.141 e. The Balaban J connectivity index is 1.44. The van der Waals surface area contributed by atoms with Gasteiger partial charge in [-0.05, 0) is 35.7 Å². The summed E-state index contributed by atoms with van der Waals surface area (Å²) in [4.78, 5) is 12.4. The van der Waals surface area contributed by atoms with Crippen molar-refractivity contribution in [2.75, 3.05) is 0 Å². The van der Waals surface area contributed by atoms with E-state index in [4.69, 9.17) is 0 Å². The van der Waals surface area contributed by atoms with Gasteiger partial charge in [0, 0.05) is 18.4 Å². The van der Waals surface area contributed by atoms with Crippen molar-refractivity contribution in [3.63, 3.8) is 0 Å². The van der Waals surface area contributed by atoms with E-state index in [1.807, 2.05) is 92.0 Å². The summed E-state index contributed by atoms with van der Waals surface area (Å²) in [5.41, 5.74) is 6.05. The number of aromatic nitrogens is 3. The molecule has 0 atom stereocenters. The lowest BCUT2D eigenvalue weighted by molar-refractivity contribution is -0.117. The highest BCUT2D eigenvalue weighted by molar-refractivity contribution is 5.83. The highest BCUT2D eigenvalue weighted by Gasteiger charge is 2.09. The molecule has 4 nitrogen and oxygen atoms in total. The SMILES string of the molecule is Cc1ccccc1CC(=O)Cc1ccc(-n2cc(-c3ccccc3)nn2)cc1. The zero-order valence-corrected chi connectivity index (χ0v) is 15.7. The topological polar surface area (TPSA) is 47.8 Å². The van der Waals surface area contributed by atoms with Gasteiger partial charge in [-0.15, -0.1) is 5.10 Å². The third-order valence-electron chi connectivity index (χ3n) is 4.81. The number of nitrogens with zero attached hydrogens (tertiary/aromatic N) is 3. The molecule has 4 aromatic rings. The van der Waals surface area contributed by atoms with E-state index in [1.54, 1.807) is 4.68 Å². The minimum atomic E-state index is 0.217. The van der Waals surface area contributed by atoms with Crippen LogP contribution in [0, 0.1) is 6.92 Å². The number of carbonyl (C=O) groups excluding carboxylic acids is 1. The number of benzene rings is 3. The molecule has 0 amide bonds. The summed E-state index contributed by atoms with van der Waals surface area (Å²) in [5, 5.41) is 8.47. The van der Waals surface area contributed by atoms with Crippen molar-refractivity contribution < 1.29 is 4.79 Å². The molecule has 4 rings (SSSR count). The van der Waals surface area contributed by atoms with Crippen molar-refractivity contribution in [3.8, 4) is 16.9 Å². The molecule has 3 aromatic carbocycles. The fourth-order valence-corrected chi connectivity index (χ4v) is 3.21. The van der Waals surface area contributed by atoms with Gasteiger partial charge in [-0.1, -0.05) is 71.9 Å². The van der Waals surface area contributed by atoms with Gasteiger partial charge in [-0.3, -0.25) is 4.79 Å². The second-order valence-corrected chi connectivity index (χ2v) is 6.90. The van der Waals surface area contributed by atoms with E-state index in [-0.39, 0.29) is 5.78 Å². The van der Waals surface area contributed by atoms with E-state index in [9.17, 15) is 4.79 Å². The number of rotatable bonds is 6. The first kappa shape index (κ1) is 17.9. The minimum absolute atomic E-state index is 0.217. The van der Waals surface area contributed by atoms with Crippen LogP contribution in [0.5, 0.6) is 0 Å². The fraction of sp³-hybridized carbons (Fsp3) is 0.125. The van der Waals surface area contributed by atoms with Crippen LogP contribution in [0.3, 0.4) is 0 Å². The van der Waals surface area contributed by atoms with Crippen LogP contribution in [0.4, 0.5) is 0 Å². The molecule has 4 heteroatoms. The molecular weight excluding hydrogens is 346 g/mol. The van der Waals surface area contributed by atoms with E-state index in [1.165, 1.54) is 0 Å². The molecule has 0 saturated carbocycles. The van der Waals surface area contributed by atoms with Crippen LogP contribution in [0.2, 0.25) is 0 Å². The average molecular weight is 367 g/mol. The summed E-state index contributed by atoms with van der Waals surface area (Å²) in [6, 6.07) is 25.9. The largest absolute Gasteiger partial charge is 0.299 e. The zero-order valence-electron chi connectivity index (χ0n) is 15.7. The van der Waals surface area contributed by atoms with Crippen molar-refractivity contribution in [3.05, 3.63) is 102 Å². The van der Waals surface area contributed by atoms with Gasteiger partial charge in [-0.2, -0.15) is 0 Å². The summed E-state index contributed by atoms with van der Waals surface area (Å²) in [6.45, 7) is 2.04. The molecule has 0 radical (unpaired) electrons. The maximum atomic E-state index is 12.4. The van der Waals surface area contributed by atoms with Crippen LogP contribution in [0.15, 0.2) is 85.1 Å². The first-order valence-corrected chi connectivity index (χ1v) is 9.32. The van der Waals surface area contributed by atoms with Crippen molar-refractivity contribution >= 4 is 5.78 Å². The van der Waals surface area contributed by atoms with E-state index in [2.05, 4.69) is 10.3 Å². The van der Waals surface area contributed by atoms with Gasteiger partial charge in [-0.25, -0.2) is 4.68 Å².